The van der Waals surface area contributed by atoms with Crippen molar-refractivity contribution in [2.24, 2.45) is 34.0 Å². The van der Waals surface area contributed by atoms with E-state index in [4.69, 9.17) is 37.1 Å². The molecule has 1 aromatic heterocycles. The Morgan fingerprint density at radius 1 is 1.14 bits per heavy atom. The number of carbonyl (C=O) groups excluding carboxylic acids is 1. The van der Waals surface area contributed by atoms with E-state index < -0.39 is 32.3 Å². The molecule has 6 rings (SSSR count). The average Bonchev–Trinajstić information content (AvgIpc) is 3.54. The fourth-order valence-corrected chi connectivity index (χ4v) is 10.9. The van der Waals surface area contributed by atoms with Gasteiger partial charge in [0.1, 0.15) is 16.7 Å². The molecule has 0 bridgehead atoms. The van der Waals surface area contributed by atoms with Gasteiger partial charge in [-0.3, -0.25) is 0 Å². The summed E-state index contributed by atoms with van der Waals surface area (Å²) in [6.07, 6.45) is 5.48. The number of hydrogen-bond donors (Lipinski definition) is 1. The number of aldehydes is 1. The van der Waals surface area contributed by atoms with Crippen molar-refractivity contribution in [2.45, 2.75) is 87.0 Å². The fourth-order valence-electron chi connectivity index (χ4n) is 9.80. The van der Waals surface area contributed by atoms with Crippen molar-refractivity contribution in [2.75, 3.05) is 7.11 Å². The van der Waals surface area contributed by atoms with Crippen LogP contribution in [0.25, 0.3) is 0 Å². The summed E-state index contributed by atoms with van der Waals surface area (Å²) in [5.74, 6) is -0.475. The lowest BCUT2D eigenvalue weighted by Gasteiger charge is -2.64. The predicted molar refractivity (Wildman–Crippen MR) is 131 cm³/mol. The molecule has 1 aliphatic heterocycles. The Kier molecular flexibility index (Phi) is 5.12. The molecule has 8 heteroatoms. The zero-order valence-corrected chi connectivity index (χ0v) is 22.1. The van der Waals surface area contributed by atoms with Crippen LogP contribution < -0.4 is 5.63 Å². The van der Waals surface area contributed by atoms with E-state index in [1.54, 1.807) is 13.2 Å². The van der Waals surface area contributed by atoms with E-state index in [2.05, 4.69) is 20.8 Å². The largest absolute Gasteiger partial charge is 0.431 e. The van der Waals surface area contributed by atoms with Gasteiger partial charge in [0.2, 0.25) is 0 Å². The predicted octanol–water partition coefficient (Wildman–Crippen LogP) is 4.48. The standard InChI is InChI=1S/C27H34Cl2O6/c1-23(2)17-7-6-16-15(25(17,13-30)22-19(35-22)21(23)33-4)9-10-24(3)20(14-5-8-18(31)34-11-14)27(28,29)12-26(16,24)32/h5,8,11,13,15-17,19-22,32H,6-7,9-10,12H2,1-4H3. The molecule has 1 aromatic rings. The SMILES string of the molecule is COC1C2OC2C2(C=O)C3CCC4(C)C(c5ccc(=O)oc5)C(Cl)(Cl)CC4(O)C3CCC2C1(C)C. The van der Waals surface area contributed by atoms with Gasteiger partial charge in [0.15, 0.2) is 0 Å². The van der Waals surface area contributed by atoms with Crippen molar-refractivity contribution in [1.29, 1.82) is 0 Å². The van der Waals surface area contributed by atoms with Gasteiger partial charge >= 0.3 is 5.63 Å². The lowest BCUT2D eigenvalue weighted by molar-refractivity contribution is -0.219. The molecule has 4 aliphatic carbocycles. The fraction of sp³-hybridized carbons (Fsp3) is 0.778. The molecule has 192 valence electrons. The van der Waals surface area contributed by atoms with E-state index in [1.807, 2.05) is 0 Å². The Morgan fingerprint density at radius 2 is 1.89 bits per heavy atom. The van der Waals surface area contributed by atoms with Crippen LogP contribution in [0.3, 0.4) is 0 Å². The Hall–Kier alpha value is -0.920. The molecule has 1 N–H and O–H groups in total. The molecular formula is C27H34Cl2O6. The number of aliphatic hydroxyl groups is 1. The van der Waals surface area contributed by atoms with Crippen LogP contribution in [-0.4, -0.2) is 46.7 Å². The second-order valence-corrected chi connectivity index (χ2v) is 14.1. The van der Waals surface area contributed by atoms with Crippen molar-refractivity contribution in [1.82, 2.24) is 0 Å². The quantitative estimate of drug-likeness (QED) is 0.356. The maximum Gasteiger partial charge on any atom is 0.335 e. The van der Waals surface area contributed by atoms with Crippen LogP contribution in [0.5, 0.6) is 0 Å². The summed E-state index contributed by atoms with van der Waals surface area (Å²) in [6.45, 7) is 6.45. The van der Waals surface area contributed by atoms with E-state index in [-0.39, 0.29) is 47.9 Å². The monoisotopic (exact) mass is 524 g/mol. The highest BCUT2D eigenvalue weighted by Gasteiger charge is 2.79. The smallest absolute Gasteiger partial charge is 0.335 e. The molecule has 35 heavy (non-hydrogen) atoms. The number of fused-ring (bicyclic) bond motifs is 7. The molecule has 2 heterocycles. The first-order valence-electron chi connectivity index (χ1n) is 12.7. The first-order chi connectivity index (χ1) is 16.4. The van der Waals surface area contributed by atoms with Crippen molar-refractivity contribution in [3.63, 3.8) is 0 Å². The summed E-state index contributed by atoms with van der Waals surface area (Å²) in [5.41, 5.74) is -2.43. The summed E-state index contributed by atoms with van der Waals surface area (Å²) in [7, 11) is 1.73. The molecule has 0 radical (unpaired) electrons. The van der Waals surface area contributed by atoms with E-state index in [9.17, 15) is 14.7 Å². The first-order valence-corrected chi connectivity index (χ1v) is 13.5. The van der Waals surface area contributed by atoms with Gasteiger partial charge in [0, 0.05) is 30.9 Å². The molecule has 0 amide bonds. The van der Waals surface area contributed by atoms with Gasteiger partial charge in [-0.25, -0.2) is 4.79 Å². The number of epoxide rings is 1. The summed E-state index contributed by atoms with van der Waals surface area (Å²) >= 11 is 14.0. The molecular weight excluding hydrogens is 491 g/mol. The lowest BCUT2D eigenvalue weighted by atomic mass is 9.40. The summed E-state index contributed by atoms with van der Waals surface area (Å²) in [4.78, 5) is 24.7. The first kappa shape index (κ1) is 24.4. The zero-order valence-electron chi connectivity index (χ0n) is 20.6. The van der Waals surface area contributed by atoms with Crippen molar-refractivity contribution in [3.8, 4) is 0 Å². The topological polar surface area (TPSA) is 89.3 Å². The lowest BCUT2D eigenvalue weighted by Crippen LogP contribution is -2.68. The number of methoxy groups -OCH3 is 1. The van der Waals surface area contributed by atoms with Gasteiger partial charge in [-0.05, 0) is 60.5 Å². The van der Waals surface area contributed by atoms with Gasteiger partial charge in [-0.1, -0.05) is 20.8 Å². The van der Waals surface area contributed by atoms with E-state index in [0.29, 0.717) is 6.42 Å². The Morgan fingerprint density at radius 3 is 2.51 bits per heavy atom. The van der Waals surface area contributed by atoms with Crippen molar-refractivity contribution in [3.05, 3.63) is 34.4 Å². The van der Waals surface area contributed by atoms with E-state index in [1.165, 1.54) is 12.3 Å². The zero-order chi connectivity index (χ0) is 25.2. The third-order valence-corrected chi connectivity index (χ3v) is 11.8. The molecule has 5 aliphatic rings. The average molecular weight is 525 g/mol. The maximum atomic E-state index is 13.1. The number of rotatable bonds is 3. The van der Waals surface area contributed by atoms with Gasteiger partial charge in [0.25, 0.3) is 0 Å². The van der Waals surface area contributed by atoms with Crippen LogP contribution in [0.2, 0.25) is 0 Å². The molecule has 10 unspecified atom stereocenters. The van der Waals surface area contributed by atoms with Crippen LogP contribution >= 0.6 is 23.2 Å². The van der Waals surface area contributed by atoms with Crippen molar-refractivity contribution >= 4 is 29.5 Å². The van der Waals surface area contributed by atoms with E-state index in [0.717, 1.165) is 31.1 Å². The molecule has 1 saturated heterocycles. The third kappa shape index (κ3) is 2.84. The summed E-state index contributed by atoms with van der Waals surface area (Å²) in [5, 5.41) is 12.6. The molecule has 10 atom stereocenters. The van der Waals surface area contributed by atoms with E-state index >= 15 is 0 Å². The van der Waals surface area contributed by atoms with Crippen LogP contribution in [0.1, 0.15) is 64.4 Å². The molecule has 5 fully saturated rings. The van der Waals surface area contributed by atoms with Crippen LogP contribution in [-0.2, 0) is 14.3 Å². The van der Waals surface area contributed by atoms with Gasteiger partial charge in [-0.2, -0.15) is 0 Å². The van der Waals surface area contributed by atoms with Crippen LogP contribution in [0, 0.1) is 34.0 Å². The maximum absolute atomic E-state index is 13.1. The highest BCUT2D eigenvalue weighted by atomic mass is 35.5. The van der Waals surface area contributed by atoms with Crippen LogP contribution in [0.4, 0.5) is 0 Å². The van der Waals surface area contributed by atoms with Gasteiger partial charge < -0.3 is 23.8 Å². The molecule has 0 aromatic carbocycles. The normalized spacial score (nSPS) is 50.9. The molecule has 6 nitrogen and oxygen atoms in total. The number of hydrogen-bond acceptors (Lipinski definition) is 6. The van der Waals surface area contributed by atoms with Crippen molar-refractivity contribution < 1.29 is 23.8 Å². The van der Waals surface area contributed by atoms with Crippen LogP contribution in [0.15, 0.2) is 27.6 Å². The second kappa shape index (κ2) is 7.35. The van der Waals surface area contributed by atoms with Gasteiger partial charge in [-0.15, -0.1) is 23.2 Å². The summed E-state index contributed by atoms with van der Waals surface area (Å²) < 4.78 is 16.0. The van der Waals surface area contributed by atoms with Gasteiger partial charge in [0.05, 0.1) is 29.5 Å². The minimum Gasteiger partial charge on any atom is -0.431 e. The minimum absolute atomic E-state index is 0.0273. The number of ether oxygens (including phenoxy) is 2. The number of carbonyl (C=O) groups is 1. The third-order valence-electron chi connectivity index (χ3n) is 11.1. The molecule has 0 spiro atoms. The highest BCUT2D eigenvalue weighted by molar-refractivity contribution is 6.49. The Balaban J connectivity index is 1.44. The Bertz CT molecular complexity index is 1100. The molecule has 4 saturated carbocycles. The number of alkyl halides is 2. The highest BCUT2D eigenvalue weighted by Crippen LogP contribution is 2.76. The minimum atomic E-state index is -1.24. The number of halogens is 2. The summed E-state index contributed by atoms with van der Waals surface area (Å²) in [6, 6.07) is 3.08. The Labute approximate surface area is 215 Å². The second-order valence-electron chi connectivity index (χ2n) is 12.6.